The Morgan fingerprint density at radius 1 is 1.29 bits per heavy atom. The van der Waals surface area contributed by atoms with Gasteiger partial charge in [-0.05, 0) is 30.2 Å². The van der Waals surface area contributed by atoms with Crippen LogP contribution in [0.15, 0.2) is 27.2 Å². The van der Waals surface area contributed by atoms with E-state index >= 15 is 0 Å². The van der Waals surface area contributed by atoms with Gasteiger partial charge in [-0.2, -0.15) is 0 Å². The molecule has 2 aromatic heterocycles. The number of aromatic nitrogens is 2. The zero-order chi connectivity index (χ0) is 17.6. The van der Waals surface area contributed by atoms with Gasteiger partial charge in [0.2, 0.25) is 10.0 Å². The first-order valence-electron chi connectivity index (χ1n) is 6.66. The Kier molecular flexibility index (Phi) is 4.43. The van der Waals surface area contributed by atoms with E-state index < -0.39 is 15.6 Å². The molecule has 0 aliphatic carbocycles. The number of aromatic amines is 1. The molecular formula is C14H11Cl2N3O3S2. The number of nitrogens with zero attached hydrogens (tertiary/aromatic N) is 1. The first kappa shape index (κ1) is 17.4. The first-order valence-corrected chi connectivity index (χ1v) is 9.77. The molecule has 2 heterocycles. The highest BCUT2D eigenvalue weighted by atomic mass is 35.5. The van der Waals surface area contributed by atoms with Gasteiger partial charge in [-0.25, -0.2) is 18.5 Å². The van der Waals surface area contributed by atoms with Gasteiger partial charge in [0, 0.05) is 6.42 Å². The van der Waals surface area contributed by atoms with Crippen LogP contribution in [0.2, 0.25) is 10.0 Å². The van der Waals surface area contributed by atoms with Crippen molar-refractivity contribution in [2.45, 2.75) is 17.6 Å². The number of hydrogen-bond acceptors (Lipinski definition) is 5. The van der Waals surface area contributed by atoms with Crippen LogP contribution in [0.3, 0.4) is 0 Å². The third kappa shape index (κ3) is 3.20. The van der Waals surface area contributed by atoms with Crippen molar-refractivity contribution < 1.29 is 8.42 Å². The Morgan fingerprint density at radius 2 is 2.00 bits per heavy atom. The second kappa shape index (κ2) is 6.12. The van der Waals surface area contributed by atoms with Crippen LogP contribution in [-0.4, -0.2) is 18.4 Å². The number of sulfonamides is 1. The Labute approximate surface area is 151 Å². The van der Waals surface area contributed by atoms with Crippen molar-refractivity contribution in [2.75, 3.05) is 0 Å². The number of thiophene rings is 1. The molecule has 0 atom stereocenters. The van der Waals surface area contributed by atoms with Crippen molar-refractivity contribution in [3.8, 4) is 0 Å². The van der Waals surface area contributed by atoms with Gasteiger partial charge in [-0.3, -0.25) is 4.79 Å². The predicted octanol–water partition coefficient (Wildman–Crippen LogP) is 2.84. The molecule has 0 saturated heterocycles. The van der Waals surface area contributed by atoms with Gasteiger partial charge in [0.1, 0.15) is 14.9 Å². The number of fused-ring (bicyclic) bond motifs is 1. The van der Waals surface area contributed by atoms with Crippen LogP contribution >= 0.6 is 34.5 Å². The lowest BCUT2D eigenvalue weighted by Crippen LogP contribution is -2.13. The van der Waals surface area contributed by atoms with Gasteiger partial charge in [0.15, 0.2) is 0 Å². The average Bonchev–Trinajstić information content (AvgIpc) is 2.80. The predicted molar refractivity (Wildman–Crippen MR) is 95.6 cm³/mol. The lowest BCUT2D eigenvalue weighted by atomic mass is 10.1. The maximum absolute atomic E-state index is 12.3. The molecule has 3 rings (SSSR count). The fourth-order valence-corrected chi connectivity index (χ4v) is 4.85. The molecule has 0 radical (unpaired) electrons. The summed E-state index contributed by atoms with van der Waals surface area (Å²) >= 11 is 12.7. The van der Waals surface area contributed by atoms with Crippen LogP contribution in [-0.2, 0) is 16.4 Å². The maximum Gasteiger partial charge on any atom is 0.259 e. The normalized spacial score (nSPS) is 12.0. The zero-order valence-corrected chi connectivity index (χ0v) is 15.4. The summed E-state index contributed by atoms with van der Waals surface area (Å²) < 4.78 is 23.1. The number of H-pyrrole nitrogens is 1. The summed E-state index contributed by atoms with van der Waals surface area (Å²) in [7, 11) is -3.90. The molecule has 0 saturated carbocycles. The molecule has 0 aliphatic heterocycles. The summed E-state index contributed by atoms with van der Waals surface area (Å²) in [5.74, 6) is 0.396. The van der Waals surface area contributed by atoms with E-state index in [1.165, 1.54) is 6.92 Å². The third-order valence-corrected chi connectivity index (χ3v) is 6.91. The third-order valence-electron chi connectivity index (χ3n) is 3.42. The van der Waals surface area contributed by atoms with Crippen LogP contribution in [0.1, 0.15) is 17.0 Å². The molecule has 3 N–H and O–H groups in total. The van der Waals surface area contributed by atoms with E-state index in [9.17, 15) is 13.2 Å². The van der Waals surface area contributed by atoms with Crippen molar-refractivity contribution >= 4 is 54.8 Å². The van der Waals surface area contributed by atoms with E-state index in [2.05, 4.69) is 9.97 Å². The second-order valence-electron chi connectivity index (χ2n) is 5.18. The fourth-order valence-electron chi connectivity index (χ4n) is 2.37. The summed E-state index contributed by atoms with van der Waals surface area (Å²) in [6.45, 7) is 1.54. The zero-order valence-electron chi connectivity index (χ0n) is 12.3. The van der Waals surface area contributed by atoms with E-state index in [0.29, 0.717) is 32.7 Å². The summed E-state index contributed by atoms with van der Waals surface area (Å²) in [4.78, 5) is 19.6. The number of hydrogen-bond donors (Lipinski definition) is 2. The van der Waals surface area contributed by atoms with Crippen LogP contribution in [0.25, 0.3) is 10.2 Å². The number of nitrogens with two attached hydrogens (primary N) is 1. The van der Waals surface area contributed by atoms with E-state index in [-0.39, 0.29) is 9.60 Å². The highest BCUT2D eigenvalue weighted by Gasteiger charge is 2.21. The van der Waals surface area contributed by atoms with E-state index in [0.717, 1.165) is 16.9 Å². The number of halogens is 2. The fraction of sp³-hybridized carbons (Fsp3) is 0.143. The van der Waals surface area contributed by atoms with Crippen LogP contribution in [0, 0.1) is 6.92 Å². The SMILES string of the molecule is Cc1c(S(N)(=O)=O)sc2nc(Cc3ccc(Cl)c(Cl)c3)[nH]c(=O)c12. The molecule has 0 unspecified atom stereocenters. The van der Waals surface area contributed by atoms with Gasteiger partial charge >= 0.3 is 0 Å². The van der Waals surface area contributed by atoms with Crippen molar-refractivity contribution in [3.63, 3.8) is 0 Å². The molecule has 0 spiro atoms. The van der Waals surface area contributed by atoms with E-state index in [1.807, 2.05) is 0 Å². The van der Waals surface area contributed by atoms with Gasteiger partial charge < -0.3 is 4.98 Å². The topological polar surface area (TPSA) is 106 Å². The van der Waals surface area contributed by atoms with Gasteiger partial charge in [-0.1, -0.05) is 29.3 Å². The number of rotatable bonds is 3. The van der Waals surface area contributed by atoms with Gasteiger partial charge in [0.05, 0.1) is 15.4 Å². The highest BCUT2D eigenvalue weighted by molar-refractivity contribution is 7.91. The Hall–Kier alpha value is -1.45. The maximum atomic E-state index is 12.3. The number of primary sulfonamides is 1. The Balaban J connectivity index is 2.11. The minimum absolute atomic E-state index is 0.0535. The lowest BCUT2D eigenvalue weighted by Gasteiger charge is -2.03. The molecule has 126 valence electrons. The molecular weight excluding hydrogens is 393 g/mol. The van der Waals surface area contributed by atoms with Crippen molar-refractivity contribution in [3.05, 3.63) is 55.5 Å². The standard InChI is InChI=1S/C14H11Cl2N3O3S2/c1-6-11-12(20)18-10(5-7-2-3-8(15)9(16)4-7)19-13(11)23-14(6)24(17,21)22/h2-4H,5H2,1H3,(H2,17,21,22)(H,18,19,20). The van der Waals surface area contributed by atoms with Crippen LogP contribution in [0.5, 0.6) is 0 Å². The van der Waals surface area contributed by atoms with E-state index in [1.54, 1.807) is 18.2 Å². The Morgan fingerprint density at radius 3 is 2.62 bits per heavy atom. The number of benzene rings is 1. The smallest absolute Gasteiger partial charge is 0.259 e. The lowest BCUT2D eigenvalue weighted by molar-refractivity contribution is 0.599. The van der Waals surface area contributed by atoms with Gasteiger partial charge in [0.25, 0.3) is 5.56 Å². The molecule has 0 aliphatic rings. The molecule has 0 amide bonds. The van der Waals surface area contributed by atoms with E-state index in [4.69, 9.17) is 28.3 Å². The second-order valence-corrected chi connectivity index (χ2v) is 8.75. The quantitative estimate of drug-likeness (QED) is 0.700. The molecule has 0 bridgehead atoms. The van der Waals surface area contributed by atoms with Crippen LogP contribution < -0.4 is 10.7 Å². The largest absolute Gasteiger partial charge is 0.310 e. The molecule has 10 heteroatoms. The molecule has 0 fully saturated rings. The van der Waals surface area contributed by atoms with Crippen molar-refractivity contribution in [2.24, 2.45) is 5.14 Å². The summed E-state index contributed by atoms with van der Waals surface area (Å²) in [5.41, 5.74) is 0.720. The molecule has 24 heavy (non-hydrogen) atoms. The molecule has 1 aromatic carbocycles. The number of nitrogens with one attached hydrogen (secondary N) is 1. The van der Waals surface area contributed by atoms with Crippen molar-refractivity contribution in [1.29, 1.82) is 0 Å². The molecule has 6 nitrogen and oxygen atoms in total. The monoisotopic (exact) mass is 403 g/mol. The minimum atomic E-state index is -3.90. The summed E-state index contributed by atoms with van der Waals surface area (Å²) in [6.07, 6.45) is 0.323. The highest BCUT2D eigenvalue weighted by Crippen LogP contribution is 2.30. The first-order chi connectivity index (χ1) is 11.2. The number of aryl methyl sites for hydroxylation is 1. The van der Waals surface area contributed by atoms with Gasteiger partial charge in [-0.15, -0.1) is 11.3 Å². The summed E-state index contributed by atoms with van der Waals surface area (Å²) in [6, 6.07) is 5.11. The minimum Gasteiger partial charge on any atom is -0.310 e. The average molecular weight is 404 g/mol. The Bertz CT molecular complexity index is 1120. The molecule has 3 aromatic rings. The van der Waals surface area contributed by atoms with Crippen molar-refractivity contribution in [1.82, 2.24) is 9.97 Å². The summed E-state index contributed by atoms with van der Waals surface area (Å²) in [5, 5.41) is 6.26. The van der Waals surface area contributed by atoms with Crippen LogP contribution in [0.4, 0.5) is 0 Å².